The predicted octanol–water partition coefficient (Wildman–Crippen LogP) is 1.85. The fourth-order valence-electron chi connectivity index (χ4n) is 1.50. The van der Waals surface area contributed by atoms with Gasteiger partial charge in [-0.2, -0.15) is 0 Å². The number of rotatable bonds is 6. The smallest absolute Gasteiger partial charge is 0.481 e. The molecule has 0 fully saturated rings. The number of hydrogen-bond donors (Lipinski definition) is 2. The Kier molecular flexibility index (Phi) is 4.74. The van der Waals surface area contributed by atoms with E-state index in [-0.39, 0.29) is 12.0 Å². The number of carbonyl (C=O) groups is 2. The van der Waals surface area contributed by atoms with Crippen molar-refractivity contribution in [3.8, 4) is 5.75 Å². The van der Waals surface area contributed by atoms with E-state index >= 15 is 0 Å². The molecule has 0 heterocycles. The van der Waals surface area contributed by atoms with Gasteiger partial charge < -0.3 is 15.2 Å². The van der Waals surface area contributed by atoms with Gasteiger partial charge in [-0.1, -0.05) is 18.2 Å². The van der Waals surface area contributed by atoms with Gasteiger partial charge in [0.2, 0.25) is 6.41 Å². The van der Waals surface area contributed by atoms with Crippen LogP contribution in [0.2, 0.25) is 0 Å². The average Bonchev–Trinajstić information content (AvgIpc) is 2.26. The summed E-state index contributed by atoms with van der Waals surface area (Å²) in [6, 6.07) is 3.92. The zero-order valence-electron chi connectivity index (χ0n) is 9.48. The fraction of sp³-hybridized carbons (Fsp3) is 0.273. The van der Waals surface area contributed by atoms with Gasteiger partial charge in [0.05, 0.1) is 12.5 Å². The maximum absolute atomic E-state index is 12.2. The average molecular weight is 277 g/mol. The standard InChI is InChI=1S/C11H10F3NO4/c12-11(13,14)19-9-4-2-1-3-7(9)8(15-6-16)5-10(17)18/h1-4,6,8H,5H2,(H,15,16)(H,17,18)/t8-/m1/s1. The number of alkyl halides is 3. The molecule has 104 valence electrons. The molecule has 0 saturated carbocycles. The lowest BCUT2D eigenvalue weighted by Gasteiger charge is -2.19. The molecule has 1 atom stereocenters. The number of para-hydroxylation sites is 1. The molecular formula is C11H10F3NO4. The molecule has 5 nitrogen and oxygen atoms in total. The second-order valence-electron chi connectivity index (χ2n) is 3.52. The molecule has 1 rings (SSSR count). The summed E-state index contributed by atoms with van der Waals surface area (Å²) in [5.41, 5.74) is -0.0608. The Morgan fingerprint density at radius 2 is 2.05 bits per heavy atom. The first-order valence-electron chi connectivity index (χ1n) is 5.09. The third-order valence-corrected chi connectivity index (χ3v) is 2.17. The number of nitrogens with one attached hydrogen (secondary N) is 1. The second kappa shape index (κ2) is 6.07. The Balaban J connectivity index is 3.07. The Morgan fingerprint density at radius 1 is 1.42 bits per heavy atom. The first-order valence-corrected chi connectivity index (χ1v) is 5.09. The molecule has 19 heavy (non-hydrogen) atoms. The molecule has 0 spiro atoms. The van der Waals surface area contributed by atoms with E-state index in [1.165, 1.54) is 18.2 Å². The van der Waals surface area contributed by atoms with Gasteiger partial charge >= 0.3 is 12.3 Å². The van der Waals surface area contributed by atoms with E-state index in [0.29, 0.717) is 0 Å². The monoisotopic (exact) mass is 277 g/mol. The minimum atomic E-state index is -4.90. The summed E-state index contributed by atoms with van der Waals surface area (Å²) in [5.74, 6) is -1.81. The molecule has 0 bridgehead atoms. The van der Waals surface area contributed by atoms with Crippen molar-refractivity contribution in [2.75, 3.05) is 0 Å². The van der Waals surface area contributed by atoms with Gasteiger partial charge in [0.15, 0.2) is 0 Å². The minimum Gasteiger partial charge on any atom is -0.481 e. The number of amides is 1. The van der Waals surface area contributed by atoms with Crippen LogP contribution in [-0.2, 0) is 9.59 Å². The van der Waals surface area contributed by atoms with E-state index in [2.05, 4.69) is 10.1 Å². The molecule has 0 aromatic heterocycles. The van der Waals surface area contributed by atoms with E-state index in [9.17, 15) is 22.8 Å². The number of halogens is 3. The maximum Gasteiger partial charge on any atom is 0.573 e. The molecule has 0 aliphatic carbocycles. The lowest BCUT2D eigenvalue weighted by Crippen LogP contribution is -2.25. The Labute approximate surface area is 106 Å². The number of carboxylic acids is 1. The Morgan fingerprint density at radius 3 is 2.58 bits per heavy atom. The molecular weight excluding hydrogens is 267 g/mol. The van der Waals surface area contributed by atoms with Crippen LogP contribution in [-0.4, -0.2) is 23.8 Å². The van der Waals surface area contributed by atoms with Crippen molar-refractivity contribution >= 4 is 12.4 Å². The van der Waals surface area contributed by atoms with Crippen LogP contribution in [0.25, 0.3) is 0 Å². The van der Waals surface area contributed by atoms with Crippen LogP contribution in [0.3, 0.4) is 0 Å². The molecule has 8 heteroatoms. The van der Waals surface area contributed by atoms with E-state index < -0.39 is 30.5 Å². The van der Waals surface area contributed by atoms with Crippen LogP contribution < -0.4 is 10.1 Å². The third kappa shape index (κ3) is 4.86. The van der Waals surface area contributed by atoms with Crippen LogP contribution in [0.4, 0.5) is 13.2 Å². The van der Waals surface area contributed by atoms with E-state index in [1.807, 2.05) is 0 Å². The largest absolute Gasteiger partial charge is 0.573 e. The van der Waals surface area contributed by atoms with Crippen molar-refractivity contribution in [2.45, 2.75) is 18.8 Å². The molecule has 1 aromatic rings. The van der Waals surface area contributed by atoms with Crippen molar-refractivity contribution in [1.82, 2.24) is 5.32 Å². The maximum atomic E-state index is 12.2. The molecule has 1 aromatic carbocycles. The van der Waals surface area contributed by atoms with Crippen LogP contribution in [0.15, 0.2) is 24.3 Å². The van der Waals surface area contributed by atoms with Gasteiger partial charge in [0, 0.05) is 5.56 Å². The number of aliphatic carboxylic acids is 1. The molecule has 0 unspecified atom stereocenters. The summed E-state index contributed by atoms with van der Waals surface area (Å²) in [6.07, 6.45) is -5.24. The normalized spacial score (nSPS) is 12.6. The molecule has 2 N–H and O–H groups in total. The summed E-state index contributed by atoms with van der Waals surface area (Å²) >= 11 is 0. The molecule has 0 aliphatic rings. The summed E-state index contributed by atoms with van der Waals surface area (Å²) in [4.78, 5) is 21.0. The first-order chi connectivity index (χ1) is 8.83. The van der Waals surface area contributed by atoms with Crippen molar-refractivity contribution in [3.63, 3.8) is 0 Å². The minimum absolute atomic E-state index is 0.0608. The van der Waals surface area contributed by atoms with Gasteiger partial charge in [-0.25, -0.2) is 0 Å². The van der Waals surface area contributed by atoms with Gasteiger partial charge in [-0.05, 0) is 6.07 Å². The van der Waals surface area contributed by atoms with Crippen molar-refractivity contribution < 1.29 is 32.6 Å². The summed E-state index contributed by atoms with van der Waals surface area (Å²) in [5, 5.41) is 10.8. The number of benzene rings is 1. The highest BCUT2D eigenvalue weighted by molar-refractivity contribution is 5.69. The highest BCUT2D eigenvalue weighted by Crippen LogP contribution is 2.31. The lowest BCUT2D eigenvalue weighted by molar-refractivity contribution is -0.275. The molecule has 1 amide bonds. The van der Waals surface area contributed by atoms with Crippen LogP contribution in [0, 0.1) is 0 Å². The highest BCUT2D eigenvalue weighted by atomic mass is 19.4. The zero-order valence-corrected chi connectivity index (χ0v) is 9.48. The van der Waals surface area contributed by atoms with Gasteiger partial charge in [-0.15, -0.1) is 13.2 Å². The van der Waals surface area contributed by atoms with E-state index in [4.69, 9.17) is 5.11 Å². The van der Waals surface area contributed by atoms with Gasteiger partial charge in [0.25, 0.3) is 0 Å². The lowest BCUT2D eigenvalue weighted by atomic mass is 10.0. The van der Waals surface area contributed by atoms with Crippen LogP contribution in [0.1, 0.15) is 18.0 Å². The fourth-order valence-corrected chi connectivity index (χ4v) is 1.50. The van der Waals surface area contributed by atoms with Gasteiger partial charge in [-0.3, -0.25) is 9.59 Å². The first kappa shape index (κ1) is 14.8. The van der Waals surface area contributed by atoms with E-state index in [0.717, 1.165) is 6.07 Å². The number of carboxylic acid groups (broad SMARTS) is 1. The molecule has 0 aliphatic heterocycles. The topological polar surface area (TPSA) is 75.6 Å². The summed E-state index contributed by atoms with van der Waals surface area (Å²) < 4.78 is 40.4. The predicted molar refractivity (Wildman–Crippen MR) is 57.3 cm³/mol. The SMILES string of the molecule is O=CN[C@H](CC(=O)O)c1ccccc1OC(F)(F)F. The van der Waals surface area contributed by atoms with E-state index in [1.54, 1.807) is 0 Å². The Hall–Kier alpha value is -2.25. The van der Waals surface area contributed by atoms with Crippen molar-refractivity contribution in [3.05, 3.63) is 29.8 Å². The molecule has 0 radical (unpaired) electrons. The number of ether oxygens (including phenoxy) is 1. The number of carbonyl (C=O) groups excluding carboxylic acids is 1. The van der Waals surface area contributed by atoms with Crippen molar-refractivity contribution in [1.29, 1.82) is 0 Å². The zero-order chi connectivity index (χ0) is 14.5. The quantitative estimate of drug-likeness (QED) is 0.778. The Bertz CT molecular complexity index is 461. The summed E-state index contributed by atoms with van der Waals surface area (Å²) in [6.45, 7) is 0. The molecule has 0 saturated heterocycles. The third-order valence-electron chi connectivity index (χ3n) is 2.17. The highest BCUT2D eigenvalue weighted by Gasteiger charge is 2.33. The van der Waals surface area contributed by atoms with Gasteiger partial charge in [0.1, 0.15) is 5.75 Å². The van der Waals surface area contributed by atoms with Crippen molar-refractivity contribution in [2.24, 2.45) is 0 Å². The second-order valence-corrected chi connectivity index (χ2v) is 3.52. The van der Waals surface area contributed by atoms with Crippen LogP contribution in [0.5, 0.6) is 5.75 Å². The summed E-state index contributed by atoms with van der Waals surface area (Å²) in [7, 11) is 0. The van der Waals surface area contributed by atoms with Crippen LogP contribution >= 0.6 is 0 Å². The number of hydrogen-bond acceptors (Lipinski definition) is 3.